The molecule has 2 rings (SSSR count). The first kappa shape index (κ1) is 12.7. The Labute approximate surface area is 109 Å². The van der Waals surface area contributed by atoms with Crippen molar-refractivity contribution in [2.45, 2.75) is 20.0 Å². The number of halogens is 1. The fourth-order valence-corrected chi connectivity index (χ4v) is 2.35. The summed E-state index contributed by atoms with van der Waals surface area (Å²) in [6.45, 7) is 3.03. The van der Waals surface area contributed by atoms with Crippen LogP contribution < -0.4 is 5.32 Å². The van der Waals surface area contributed by atoms with E-state index < -0.39 is 0 Å². The Balaban J connectivity index is 1.98. The van der Waals surface area contributed by atoms with Gasteiger partial charge in [-0.2, -0.15) is 5.26 Å². The first-order chi connectivity index (χ1) is 8.69. The summed E-state index contributed by atoms with van der Waals surface area (Å²) in [6, 6.07) is 6.24. The van der Waals surface area contributed by atoms with Crippen molar-refractivity contribution in [1.29, 1.82) is 5.26 Å². The predicted octanol–water partition coefficient (Wildman–Crippen LogP) is 2.75. The summed E-state index contributed by atoms with van der Waals surface area (Å²) in [5, 5.41) is 15.1. The summed E-state index contributed by atoms with van der Waals surface area (Å²) in [5.41, 5.74) is 2.17. The van der Waals surface area contributed by atoms with Crippen molar-refractivity contribution in [3.8, 4) is 6.07 Å². The van der Waals surface area contributed by atoms with Gasteiger partial charge < -0.3 is 5.32 Å². The lowest BCUT2D eigenvalue weighted by atomic mass is 10.1. The molecule has 1 N–H and O–H groups in total. The molecule has 0 fully saturated rings. The van der Waals surface area contributed by atoms with Crippen LogP contribution in [0.4, 0.5) is 4.39 Å². The molecule has 2 aromatic rings. The topological polar surface area (TPSA) is 48.7 Å². The van der Waals surface area contributed by atoms with Crippen LogP contribution in [-0.2, 0) is 13.1 Å². The first-order valence-corrected chi connectivity index (χ1v) is 6.37. The third-order valence-corrected chi connectivity index (χ3v) is 3.41. The third kappa shape index (κ3) is 3.13. The third-order valence-electron chi connectivity index (χ3n) is 2.45. The van der Waals surface area contributed by atoms with Crippen LogP contribution in [0.1, 0.15) is 21.8 Å². The molecule has 3 nitrogen and oxygen atoms in total. The molecule has 92 valence electrons. The molecular weight excluding hydrogens is 249 g/mol. The van der Waals surface area contributed by atoms with Gasteiger partial charge in [0, 0.05) is 24.2 Å². The number of nitrogens with one attached hydrogen (secondary N) is 1. The number of thiazole rings is 1. The molecule has 1 aromatic heterocycles. The minimum absolute atomic E-state index is 0.323. The van der Waals surface area contributed by atoms with Gasteiger partial charge in [0.05, 0.1) is 11.6 Å². The van der Waals surface area contributed by atoms with Crippen LogP contribution in [0.2, 0.25) is 0 Å². The first-order valence-electron chi connectivity index (χ1n) is 5.49. The van der Waals surface area contributed by atoms with Crippen LogP contribution in [0.5, 0.6) is 0 Å². The molecule has 0 aliphatic heterocycles. The monoisotopic (exact) mass is 261 g/mol. The van der Waals surface area contributed by atoms with E-state index in [-0.39, 0.29) is 5.82 Å². The van der Waals surface area contributed by atoms with Gasteiger partial charge in [0.25, 0.3) is 0 Å². The summed E-state index contributed by atoms with van der Waals surface area (Å²) in [4.78, 5) is 4.32. The Morgan fingerprint density at radius 3 is 2.94 bits per heavy atom. The van der Waals surface area contributed by atoms with Crippen LogP contribution in [0.3, 0.4) is 0 Å². The zero-order valence-corrected chi connectivity index (χ0v) is 10.7. The number of rotatable bonds is 4. The quantitative estimate of drug-likeness (QED) is 0.920. The minimum Gasteiger partial charge on any atom is -0.306 e. The number of hydrogen-bond donors (Lipinski definition) is 1. The van der Waals surface area contributed by atoms with Crippen molar-refractivity contribution in [1.82, 2.24) is 10.3 Å². The molecular formula is C13H12FN3S. The lowest BCUT2D eigenvalue weighted by Gasteiger charge is -2.05. The van der Waals surface area contributed by atoms with Gasteiger partial charge in [-0.3, -0.25) is 0 Å². The van der Waals surface area contributed by atoms with Crippen LogP contribution >= 0.6 is 11.3 Å². The lowest BCUT2D eigenvalue weighted by Crippen LogP contribution is -2.13. The highest BCUT2D eigenvalue weighted by atomic mass is 32.1. The Hall–Kier alpha value is -1.77. The Morgan fingerprint density at radius 2 is 2.28 bits per heavy atom. The highest BCUT2D eigenvalue weighted by molar-refractivity contribution is 7.09. The predicted molar refractivity (Wildman–Crippen MR) is 68.5 cm³/mol. The second-order valence-corrected chi connectivity index (χ2v) is 4.84. The lowest BCUT2D eigenvalue weighted by molar-refractivity contribution is 0.619. The van der Waals surface area contributed by atoms with E-state index in [0.29, 0.717) is 24.2 Å². The number of nitrogens with zero attached hydrogens (tertiary/aromatic N) is 2. The largest absolute Gasteiger partial charge is 0.306 e. The average Bonchev–Trinajstić information content (AvgIpc) is 2.75. The van der Waals surface area contributed by atoms with Gasteiger partial charge in [-0.05, 0) is 30.7 Å². The molecule has 1 aromatic carbocycles. The molecule has 0 atom stereocenters. The maximum Gasteiger partial charge on any atom is 0.123 e. The van der Waals surface area contributed by atoms with E-state index in [1.54, 1.807) is 11.3 Å². The van der Waals surface area contributed by atoms with Gasteiger partial charge in [0.1, 0.15) is 10.8 Å². The average molecular weight is 261 g/mol. The molecule has 0 unspecified atom stereocenters. The van der Waals surface area contributed by atoms with Gasteiger partial charge >= 0.3 is 0 Å². The van der Waals surface area contributed by atoms with E-state index in [1.807, 2.05) is 12.3 Å². The van der Waals surface area contributed by atoms with Gasteiger partial charge in [-0.1, -0.05) is 0 Å². The molecule has 0 spiro atoms. The van der Waals surface area contributed by atoms with Gasteiger partial charge in [-0.15, -0.1) is 11.3 Å². The standard InChI is InChI=1S/C13H12FN3S/c1-9-8-18-13(17-9)7-16-6-11-4-12(14)3-2-10(11)5-15/h2-4,8,16H,6-7H2,1H3. The fourth-order valence-electron chi connectivity index (χ4n) is 1.61. The van der Waals surface area contributed by atoms with Crippen molar-refractivity contribution >= 4 is 11.3 Å². The molecule has 0 aliphatic carbocycles. The number of benzene rings is 1. The minimum atomic E-state index is -0.323. The maximum absolute atomic E-state index is 13.1. The highest BCUT2D eigenvalue weighted by Crippen LogP contribution is 2.12. The van der Waals surface area contributed by atoms with Crippen molar-refractivity contribution in [3.63, 3.8) is 0 Å². The van der Waals surface area contributed by atoms with Crippen LogP contribution in [-0.4, -0.2) is 4.98 Å². The van der Waals surface area contributed by atoms with E-state index >= 15 is 0 Å². The van der Waals surface area contributed by atoms with E-state index in [2.05, 4.69) is 16.4 Å². The van der Waals surface area contributed by atoms with Crippen LogP contribution in [0, 0.1) is 24.1 Å². The van der Waals surface area contributed by atoms with Gasteiger partial charge in [-0.25, -0.2) is 9.37 Å². The van der Waals surface area contributed by atoms with E-state index in [0.717, 1.165) is 10.7 Å². The fraction of sp³-hybridized carbons (Fsp3) is 0.231. The summed E-state index contributed by atoms with van der Waals surface area (Å²) < 4.78 is 13.1. The molecule has 0 radical (unpaired) electrons. The molecule has 0 bridgehead atoms. The molecule has 18 heavy (non-hydrogen) atoms. The Morgan fingerprint density at radius 1 is 1.44 bits per heavy atom. The number of nitriles is 1. The molecule has 0 saturated carbocycles. The van der Waals surface area contributed by atoms with Gasteiger partial charge in [0.2, 0.25) is 0 Å². The van der Waals surface area contributed by atoms with Gasteiger partial charge in [0.15, 0.2) is 0 Å². The van der Waals surface area contributed by atoms with Crippen molar-refractivity contribution < 1.29 is 4.39 Å². The SMILES string of the molecule is Cc1csc(CNCc2cc(F)ccc2C#N)n1. The van der Waals surface area contributed by atoms with Crippen molar-refractivity contribution in [2.75, 3.05) is 0 Å². The zero-order valence-electron chi connectivity index (χ0n) is 9.90. The summed E-state index contributed by atoms with van der Waals surface area (Å²) in [7, 11) is 0. The summed E-state index contributed by atoms with van der Waals surface area (Å²) in [6.07, 6.45) is 0. The van der Waals surface area contributed by atoms with Crippen LogP contribution in [0.15, 0.2) is 23.6 Å². The Bertz CT molecular complexity index is 586. The molecule has 0 amide bonds. The number of aromatic nitrogens is 1. The summed E-state index contributed by atoms with van der Waals surface area (Å²) in [5.74, 6) is -0.323. The molecule has 0 aliphatic rings. The second-order valence-electron chi connectivity index (χ2n) is 3.90. The van der Waals surface area contributed by atoms with E-state index in [1.165, 1.54) is 18.2 Å². The van der Waals surface area contributed by atoms with Crippen molar-refractivity contribution in [2.24, 2.45) is 0 Å². The zero-order chi connectivity index (χ0) is 13.0. The number of aryl methyl sites for hydroxylation is 1. The smallest absolute Gasteiger partial charge is 0.123 e. The van der Waals surface area contributed by atoms with E-state index in [4.69, 9.17) is 5.26 Å². The normalized spacial score (nSPS) is 10.3. The second kappa shape index (κ2) is 5.71. The molecule has 1 heterocycles. The molecule has 0 saturated heterocycles. The summed E-state index contributed by atoms with van der Waals surface area (Å²) >= 11 is 1.59. The Kier molecular flexibility index (Phi) is 4.03. The maximum atomic E-state index is 13.1. The highest BCUT2D eigenvalue weighted by Gasteiger charge is 2.04. The number of hydrogen-bond acceptors (Lipinski definition) is 4. The van der Waals surface area contributed by atoms with Crippen LogP contribution in [0.25, 0.3) is 0 Å². The molecule has 5 heteroatoms. The van der Waals surface area contributed by atoms with E-state index in [9.17, 15) is 4.39 Å². The van der Waals surface area contributed by atoms with Crippen molar-refractivity contribution in [3.05, 3.63) is 51.2 Å².